The van der Waals surface area contributed by atoms with Crippen LogP contribution in [0.5, 0.6) is 0 Å². The maximum absolute atomic E-state index is 6.39. The Bertz CT molecular complexity index is 572. The van der Waals surface area contributed by atoms with E-state index >= 15 is 0 Å². The first-order valence-electron chi connectivity index (χ1n) is 7.01. The summed E-state index contributed by atoms with van der Waals surface area (Å²) in [7, 11) is 1.93. The third-order valence-electron chi connectivity index (χ3n) is 3.39. The molecule has 1 unspecified atom stereocenters. The first-order chi connectivity index (χ1) is 9.56. The average Bonchev–Trinajstić information content (AvgIpc) is 2.96. The SMILES string of the molecule is CCNC(Cc1c(Cl)c(C)nn1CC)c1ccn(C)n1. The van der Waals surface area contributed by atoms with Crippen molar-refractivity contribution in [3.63, 3.8) is 0 Å². The minimum atomic E-state index is 0.153. The van der Waals surface area contributed by atoms with E-state index in [1.807, 2.05) is 35.6 Å². The number of nitrogens with zero attached hydrogens (tertiary/aromatic N) is 4. The van der Waals surface area contributed by atoms with Crippen LogP contribution in [0.4, 0.5) is 0 Å². The smallest absolute Gasteiger partial charge is 0.0847 e. The van der Waals surface area contributed by atoms with Crippen LogP contribution in [0.2, 0.25) is 5.02 Å². The summed E-state index contributed by atoms with van der Waals surface area (Å²) in [5.41, 5.74) is 3.00. The van der Waals surface area contributed by atoms with E-state index in [0.717, 1.165) is 41.6 Å². The number of hydrogen-bond acceptors (Lipinski definition) is 3. The molecule has 0 saturated heterocycles. The summed E-state index contributed by atoms with van der Waals surface area (Å²) in [4.78, 5) is 0. The number of rotatable bonds is 6. The van der Waals surface area contributed by atoms with Crippen LogP contribution in [0.3, 0.4) is 0 Å². The molecular formula is C14H22ClN5. The van der Waals surface area contributed by atoms with Crippen molar-refractivity contribution in [3.05, 3.63) is 34.4 Å². The van der Waals surface area contributed by atoms with Crippen molar-refractivity contribution < 1.29 is 0 Å². The van der Waals surface area contributed by atoms with Crippen molar-refractivity contribution in [2.75, 3.05) is 6.54 Å². The van der Waals surface area contributed by atoms with Crippen molar-refractivity contribution in [1.29, 1.82) is 0 Å². The van der Waals surface area contributed by atoms with Gasteiger partial charge >= 0.3 is 0 Å². The highest BCUT2D eigenvalue weighted by molar-refractivity contribution is 6.31. The van der Waals surface area contributed by atoms with E-state index in [4.69, 9.17) is 11.6 Å². The van der Waals surface area contributed by atoms with Gasteiger partial charge in [-0.2, -0.15) is 10.2 Å². The van der Waals surface area contributed by atoms with Crippen molar-refractivity contribution in [3.8, 4) is 0 Å². The Balaban J connectivity index is 2.28. The third-order valence-corrected chi connectivity index (χ3v) is 3.88. The van der Waals surface area contributed by atoms with Crippen LogP contribution in [0.25, 0.3) is 0 Å². The van der Waals surface area contributed by atoms with Crippen LogP contribution in [-0.2, 0) is 20.0 Å². The molecule has 0 radical (unpaired) electrons. The lowest BCUT2D eigenvalue weighted by Gasteiger charge is -2.16. The molecule has 110 valence electrons. The predicted octanol–water partition coefficient (Wildman–Crippen LogP) is 2.49. The second kappa shape index (κ2) is 6.41. The highest BCUT2D eigenvalue weighted by Gasteiger charge is 2.20. The molecule has 1 N–H and O–H groups in total. The summed E-state index contributed by atoms with van der Waals surface area (Å²) < 4.78 is 3.80. The Morgan fingerprint density at radius 3 is 2.65 bits per heavy atom. The summed E-state index contributed by atoms with van der Waals surface area (Å²) in [5.74, 6) is 0. The molecular weight excluding hydrogens is 274 g/mol. The van der Waals surface area contributed by atoms with Gasteiger partial charge in [0.25, 0.3) is 0 Å². The molecule has 0 saturated carbocycles. The molecule has 5 nitrogen and oxygen atoms in total. The first kappa shape index (κ1) is 15.1. The van der Waals surface area contributed by atoms with Gasteiger partial charge in [-0.1, -0.05) is 18.5 Å². The van der Waals surface area contributed by atoms with E-state index in [9.17, 15) is 0 Å². The number of aromatic nitrogens is 4. The summed E-state index contributed by atoms with van der Waals surface area (Å²) in [6, 6.07) is 2.20. The number of aryl methyl sites for hydroxylation is 3. The van der Waals surface area contributed by atoms with Gasteiger partial charge in [0.05, 0.1) is 28.1 Å². The maximum atomic E-state index is 6.39. The molecule has 0 aliphatic rings. The number of nitrogens with one attached hydrogen (secondary N) is 1. The average molecular weight is 296 g/mol. The fraction of sp³-hybridized carbons (Fsp3) is 0.571. The molecule has 0 aliphatic heterocycles. The van der Waals surface area contributed by atoms with E-state index < -0.39 is 0 Å². The maximum Gasteiger partial charge on any atom is 0.0847 e. The largest absolute Gasteiger partial charge is 0.309 e. The van der Waals surface area contributed by atoms with Gasteiger partial charge in [-0.15, -0.1) is 0 Å². The monoisotopic (exact) mass is 295 g/mol. The molecule has 2 aromatic heterocycles. The van der Waals surface area contributed by atoms with Gasteiger partial charge in [0.1, 0.15) is 0 Å². The quantitative estimate of drug-likeness (QED) is 0.891. The third kappa shape index (κ3) is 3.04. The van der Waals surface area contributed by atoms with Crippen molar-refractivity contribution in [2.24, 2.45) is 7.05 Å². The standard InChI is InChI=1S/C14H22ClN5/c1-5-16-12(11-7-8-19(4)18-11)9-13-14(15)10(3)17-20(13)6-2/h7-8,12,16H,5-6,9H2,1-4H3. The zero-order valence-corrected chi connectivity index (χ0v) is 13.3. The molecule has 0 fully saturated rings. The molecule has 6 heteroatoms. The summed E-state index contributed by atoms with van der Waals surface area (Å²) in [6.45, 7) is 7.83. The molecule has 0 bridgehead atoms. The lowest BCUT2D eigenvalue weighted by molar-refractivity contribution is 0.501. The van der Waals surface area contributed by atoms with Gasteiger partial charge in [0, 0.05) is 26.2 Å². The predicted molar refractivity (Wildman–Crippen MR) is 81.0 cm³/mol. The lowest BCUT2D eigenvalue weighted by atomic mass is 10.1. The van der Waals surface area contributed by atoms with Crippen molar-refractivity contribution in [1.82, 2.24) is 24.9 Å². The second-order valence-corrected chi connectivity index (χ2v) is 5.27. The van der Waals surface area contributed by atoms with Crippen LogP contribution in [-0.4, -0.2) is 26.1 Å². The highest BCUT2D eigenvalue weighted by Crippen LogP contribution is 2.25. The molecule has 0 aliphatic carbocycles. The summed E-state index contributed by atoms with van der Waals surface area (Å²) in [6.07, 6.45) is 2.75. The van der Waals surface area contributed by atoms with Crippen molar-refractivity contribution >= 4 is 11.6 Å². The molecule has 0 amide bonds. The Morgan fingerprint density at radius 1 is 1.35 bits per heavy atom. The van der Waals surface area contributed by atoms with Gasteiger partial charge in [0.2, 0.25) is 0 Å². The number of likely N-dealkylation sites (N-methyl/N-ethyl adjacent to an activating group) is 1. The molecule has 2 rings (SSSR count). The Hall–Kier alpha value is -1.33. The number of hydrogen-bond donors (Lipinski definition) is 1. The lowest BCUT2D eigenvalue weighted by Crippen LogP contribution is -2.24. The van der Waals surface area contributed by atoms with E-state index in [0.29, 0.717) is 0 Å². The van der Waals surface area contributed by atoms with Gasteiger partial charge < -0.3 is 5.32 Å². The summed E-state index contributed by atoms with van der Waals surface area (Å²) >= 11 is 6.39. The zero-order valence-electron chi connectivity index (χ0n) is 12.5. The Morgan fingerprint density at radius 2 is 2.10 bits per heavy atom. The Labute approximate surface area is 124 Å². The van der Waals surface area contributed by atoms with E-state index in [1.54, 1.807) is 0 Å². The number of halogens is 1. The topological polar surface area (TPSA) is 47.7 Å². The van der Waals surface area contributed by atoms with Crippen LogP contribution < -0.4 is 5.32 Å². The minimum absolute atomic E-state index is 0.153. The molecule has 0 aromatic carbocycles. The Kier molecular flexibility index (Phi) is 4.83. The fourth-order valence-corrected chi connectivity index (χ4v) is 2.62. The van der Waals surface area contributed by atoms with Crippen molar-refractivity contribution in [2.45, 2.75) is 39.8 Å². The van der Waals surface area contributed by atoms with Gasteiger partial charge in [-0.05, 0) is 26.5 Å². The first-order valence-corrected chi connectivity index (χ1v) is 7.39. The van der Waals surface area contributed by atoms with Gasteiger partial charge in [-0.25, -0.2) is 0 Å². The molecule has 1 atom stereocenters. The molecule has 2 aromatic rings. The van der Waals surface area contributed by atoms with Crippen LogP contribution >= 0.6 is 11.6 Å². The van der Waals surface area contributed by atoms with E-state index in [-0.39, 0.29) is 6.04 Å². The van der Waals surface area contributed by atoms with Gasteiger partial charge in [0.15, 0.2) is 0 Å². The van der Waals surface area contributed by atoms with E-state index in [2.05, 4.69) is 29.4 Å². The van der Waals surface area contributed by atoms with Crippen LogP contribution in [0, 0.1) is 6.92 Å². The highest BCUT2D eigenvalue weighted by atomic mass is 35.5. The van der Waals surface area contributed by atoms with E-state index in [1.165, 1.54) is 0 Å². The normalized spacial score (nSPS) is 12.8. The van der Waals surface area contributed by atoms with Crippen LogP contribution in [0.15, 0.2) is 12.3 Å². The zero-order chi connectivity index (χ0) is 14.7. The fourth-order valence-electron chi connectivity index (χ4n) is 2.40. The molecule has 20 heavy (non-hydrogen) atoms. The van der Waals surface area contributed by atoms with Crippen LogP contribution in [0.1, 0.15) is 37.0 Å². The summed E-state index contributed by atoms with van der Waals surface area (Å²) in [5, 5.41) is 13.2. The van der Waals surface area contributed by atoms with Gasteiger partial charge in [-0.3, -0.25) is 9.36 Å². The second-order valence-electron chi connectivity index (χ2n) is 4.89. The minimum Gasteiger partial charge on any atom is -0.309 e. The molecule has 2 heterocycles. The molecule has 0 spiro atoms.